The van der Waals surface area contributed by atoms with Crippen LogP contribution in [0, 0.1) is 5.92 Å². The fraction of sp³-hybridized carbons (Fsp3) is 0.286. The first-order chi connectivity index (χ1) is 13.5. The summed E-state index contributed by atoms with van der Waals surface area (Å²) in [5, 5.41) is 16.3. The molecule has 3 aromatic rings. The van der Waals surface area contributed by atoms with E-state index in [4.69, 9.17) is 0 Å². The summed E-state index contributed by atoms with van der Waals surface area (Å²) in [6.45, 7) is 4.76. The number of anilines is 2. The minimum atomic E-state index is -0.119. The van der Waals surface area contributed by atoms with E-state index in [0.717, 1.165) is 21.3 Å². The van der Waals surface area contributed by atoms with Gasteiger partial charge in [0.1, 0.15) is 5.82 Å². The average Bonchev–Trinajstić information content (AvgIpc) is 2.72. The van der Waals surface area contributed by atoms with Gasteiger partial charge in [0.05, 0.1) is 18.3 Å². The normalized spacial score (nSPS) is 12.0. The molecule has 0 unspecified atom stereocenters. The second kappa shape index (κ2) is 9.61. The van der Waals surface area contributed by atoms with Crippen molar-refractivity contribution in [1.82, 2.24) is 15.0 Å². The molecule has 7 heteroatoms. The molecule has 0 bridgehead atoms. The molecule has 3 N–H and O–H groups in total. The third-order valence-electron chi connectivity index (χ3n) is 4.41. The van der Waals surface area contributed by atoms with Gasteiger partial charge >= 0.3 is 0 Å². The Morgan fingerprint density at radius 2 is 1.75 bits per heavy atom. The van der Waals surface area contributed by atoms with Crippen LogP contribution >= 0.6 is 15.9 Å². The number of pyridine rings is 1. The highest BCUT2D eigenvalue weighted by molar-refractivity contribution is 9.10. The van der Waals surface area contributed by atoms with E-state index < -0.39 is 0 Å². The van der Waals surface area contributed by atoms with E-state index in [2.05, 4.69) is 53.6 Å². The maximum absolute atomic E-state index is 9.64. The summed E-state index contributed by atoms with van der Waals surface area (Å²) in [7, 11) is 0. The van der Waals surface area contributed by atoms with Gasteiger partial charge in [-0.3, -0.25) is 4.98 Å². The Bertz CT molecular complexity index is 887. The first-order valence-electron chi connectivity index (χ1n) is 9.20. The number of hydrogen-bond donors (Lipinski definition) is 3. The van der Waals surface area contributed by atoms with Crippen molar-refractivity contribution in [2.75, 3.05) is 17.2 Å². The van der Waals surface area contributed by atoms with Crippen LogP contribution in [0.5, 0.6) is 0 Å². The number of nitrogens with zero attached hydrogens (tertiary/aromatic N) is 3. The zero-order valence-corrected chi connectivity index (χ0v) is 17.5. The largest absolute Gasteiger partial charge is 0.394 e. The van der Waals surface area contributed by atoms with E-state index in [-0.39, 0.29) is 18.6 Å². The van der Waals surface area contributed by atoms with Gasteiger partial charge in [-0.15, -0.1) is 0 Å². The predicted octanol–water partition coefficient (Wildman–Crippen LogP) is 4.34. The van der Waals surface area contributed by atoms with E-state index in [1.54, 1.807) is 12.4 Å². The Kier molecular flexibility index (Phi) is 6.95. The molecule has 0 aliphatic carbocycles. The lowest BCUT2D eigenvalue weighted by atomic mass is 10.1. The van der Waals surface area contributed by atoms with E-state index in [0.29, 0.717) is 18.3 Å². The molecule has 6 nitrogen and oxygen atoms in total. The van der Waals surface area contributed by atoms with Crippen LogP contribution in [0.3, 0.4) is 0 Å². The first kappa shape index (κ1) is 20.2. The van der Waals surface area contributed by atoms with Crippen molar-refractivity contribution in [2.45, 2.75) is 26.4 Å². The monoisotopic (exact) mass is 441 g/mol. The molecule has 0 fully saturated rings. The molecule has 0 spiro atoms. The van der Waals surface area contributed by atoms with Crippen LogP contribution in [0.4, 0.5) is 11.8 Å². The zero-order chi connectivity index (χ0) is 19.9. The van der Waals surface area contributed by atoms with Gasteiger partial charge in [-0.1, -0.05) is 41.9 Å². The van der Waals surface area contributed by atoms with Gasteiger partial charge in [0, 0.05) is 35.0 Å². The summed E-state index contributed by atoms with van der Waals surface area (Å²) >= 11 is 3.45. The van der Waals surface area contributed by atoms with E-state index in [1.165, 1.54) is 0 Å². The summed E-state index contributed by atoms with van der Waals surface area (Å²) < 4.78 is 1.05. The SMILES string of the molecule is CC(C)[C@@H](CO)Nc1nc(NCc2ccc(Br)cc2)cc(-c2ccncc2)n1. The summed E-state index contributed by atoms with van der Waals surface area (Å²) in [4.78, 5) is 13.3. The number of nitrogens with one attached hydrogen (secondary N) is 2. The molecular formula is C21H24BrN5O. The highest BCUT2D eigenvalue weighted by atomic mass is 79.9. The summed E-state index contributed by atoms with van der Waals surface area (Å²) in [5.41, 5.74) is 2.90. The van der Waals surface area contributed by atoms with Crippen LogP contribution in [-0.4, -0.2) is 32.7 Å². The Morgan fingerprint density at radius 1 is 1.04 bits per heavy atom. The maximum atomic E-state index is 9.64. The van der Waals surface area contributed by atoms with Crippen molar-refractivity contribution < 1.29 is 5.11 Å². The molecule has 0 saturated carbocycles. The average molecular weight is 442 g/mol. The van der Waals surface area contributed by atoms with Crippen LogP contribution in [0.25, 0.3) is 11.3 Å². The van der Waals surface area contributed by atoms with Gasteiger partial charge in [-0.2, -0.15) is 4.98 Å². The van der Waals surface area contributed by atoms with Gasteiger partial charge in [0.15, 0.2) is 0 Å². The van der Waals surface area contributed by atoms with E-state index >= 15 is 0 Å². The molecule has 0 aliphatic rings. The highest BCUT2D eigenvalue weighted by Gasteiger charge is 2.15. The lowest BCUT2D eigenvalue weighted by Gasteiger charge is -2.20. The number of aliphatic hydroxyl groups is 1. The van der Waals surface area contributed by atoms with Gasteiger partial charge < -0.3 is 15.7 Å². The number of benzene rings is 1. The van der Waals surface area contributed by atoms with Crippen molar-refractivity contribution >= 4 is 27.7 Å². The topological polar surface area (TPSA) is 83.0 Å². The molecular weight excluding hydrogens is 418 g/mol. The molecule has 0 amide bonds. The molecule has 2 heterocycles. The molecule has 146 valence electrons. The van der Waals surface area contributed by atoms with E-state index in [9.17, 15) is 5.11 Å². The quantitative estimate of drug-likeness (QED) is 0.482. The number of halogens is 1. The van der Waals surface area contributed by atoms with Gasteiger partial charge in [-0.25, -0.2) is 4.98 Å². The molecule has 1 aromatic carbocycles. The van der Waals surface area contributed by atoms with Crippen LogP contribution in [0.15, 0.2) is 59.3 Å². The number of aromatic nitrogens is 3. The second-order valence-corrected chi connectivity index (χ2v) is 7.77. The minimum absolute atomic E-state index is 0.0160. The number of rotatable bonds is 8. The van der Waals surface area contributed by atoms with E-state index in [1.807, 2.05) is 44.2 Å². The molecule has 0 radical (unpaired) electrons. The Balaban J connectivity index is 1.87. The van der Waals surface area contributed by atoms with Crippen LogP contribution in [0.2, 0.25) is 0 Å². The molecule has 0 aliphatic heterocycles. The molecule has 1 atom stereocenters. The van der Waals surface area contributed by atoms with Gasteiger partial charge in [0.25, 0.3) is 0 Å². The third-order valence-corrected chi connectivity index (χ3v) is 4.93. The predicted molar refractivity (Wildman–Crippen MR) is 116 cm³/mol. The minimum Gasteiger partial charge on any atom is -0.394 e. The highest BCUT2D eigenvalue weighted by Crippen LogP contribution is 2.22. The summed E-state index contributed by atoms with van der Waals surface area (Å²) in [6, 6.07) is 13.8. The maximum Gasteiger partial charge on any atom is 0.225 e. The number of aliphatic hydroxyl groups excluding tert-OH is 1. The molecule has 28 heavy (non-hydrogen) atoms. The van der Waals surface area contributed by atoms with Crippen molar-refractivity contribution in [2.24, 2.45) is 5.92 Å². The lowest BCUT2D eigenvalue weighted by Crippen LogP contribution is -2.30. The fourth-order valence-corrected chi connectivity index (χ4v) is 2.92. The van der Waals surface area contributed by atoms with Crippen molar-refractivity contribution in [3.05, 3.63) is 64.9 Å². The zero-order valence-electron chi connectivity index (χ0n) is 15.9. The number of hydrogen-bond acceptors (Lipinski definition) is 6. The smallest absolute Gasteiger partial charge is 0.225 e. The third kappa shape index (κ3) is 5.50. The van der Waals surface area contributed by atoms with Crippen LogP contribution in [-0.2, 0) is 6.54 Å². The second-order valence-electron chi connectivity index (χ2n) is 6.86. The Morgan fingerprint density at radius 3 is 2.39 bits per heavy atom. The summed E-state index contributed by atoms with van der Waals surface area (Å²) in [5.74, 6) is 1.45. The Hall–Kier alpha value is -2.51. The van der Waals surface area contributed by atoms with Crippen LogP contribution < -0.4 is 10.6 Å². The molecule has 0 saturated heterocycles. The standard InChI is InChI=1S/C21H24BrN5O/c1-14(2)19(13-28)26-21-25-18(16-7-9-23-10-8-16)11-20(27-21)24-12-15-3-5-17(22)6-4-15/h3-11,14,19,28H,12-13H2,1-2H3,(H2,24,25,26,27)/t19-/m1/s1. The first-order valence-corrected chi connectivity index (χ1v) is 9.99. The van der Waals surface area contributed by atoms with Gasteiger partial charge in [0.2, 0.25) is 5.95 Å². The molecule has 3 rings (SSSR count). The van der Waals surface area contributed by atoms with Crippen molar-refractivity contribution in [3.8, 4) is 11.3 Å². The van der Waals surface area contributed by atoms with Crippen molar-refractivity contribution in [3.63, 3.8) is 0 Å². The van der Waals surface area contributed by atoms with Gasteiger partial charge in [-0.05, 0) is 35.7 Å². The van der Waals surface area contributed by atoms with Crippen molar-refractivity contribution in [1.29, 1.82) is 0 Å². The molecule has 2 aromatic heterocycles. The fourth-order valence-electron chi connectivity index (χ4n) is 2.66. The Labute approximate surface area is 173 Å². The summed E-state index contributed by atoms with van der Waals surface area (Å²) in [6.07, 6.45) is 3.48. The van der Waals surface area contributed by atoms with Crippen LogP contribution in [0.1, 0.15) is 19.4 Å². The lowest BCUT2D eigenvalue weighted by molar-refractivity contribution is 0.248.